The van der Waals surface area contributed by atoms with Crippen molar-refractivity contribution in [3.8, 4) is 22.5 Å². The van der Waals surface area contributed by atoms with Crippen molar-refractivity contribution >= 4 is 28.2 Å². The largest absolute Gasteiger partial charge is 0.352 e. The molecule has 3 heterocycles. The van der Waals surface area contributed by atoms with Crippen LogP contribution in [0.4, 0.5) is 11.5 Å². The third-order valence-electron chi connectivity index (χ3n) is 4.90. The van der Waals surface area contributed by atoms with E-state index in [1.165, 1.54) is 0 Å². The van der Waals surface area contributed by atoms with Gasteiger partial charge in [0.15, 0.2) is 11.6 Å². The summed E-state index contributed by atoms with van der Waals surface area (Å²) >= 11 is 0. The van der Waals surface area contributed by atoms with E-state index in [1.807, 2.05) is 60.8 Å². The molecule has 0 radical (unpaired) electrons. The van der Waals surface area contributed by atoms with Crippen LogP contribution < -0.4 is 5.32 Å². The summed E-state index contributed by atoms with van der Waals surface area (Å²) in [6, 6.07) is 17.6. The summed E-state index contributed by atoms with van der Waals surface area (Å²) in [5.41, 5.74) is 5.41. The van der Waals surface area contributed by atoms with E-state index < -0.39 is 0 Å². The van der Waals surface area contributed by atoms with E-state index in [4.69, 9.17) is 0 Å². The second-order valence-electron chi connectivity index (χ2n) is 7.00. The number of Topliss-reactive ketones (excluding diaryl/α,β-unsaturated/α-hetero) is 1. The van der Waals surface area contributed by atoms with Crippen LogP contribution in [0.1, 0.15) is 17.4 Å². The molecule has 0 saturated heterocycles. The van der Waals surface area contributed by atoms with Crippen LogP contribution in [0, 0.1) is 0 Å². The third kappa shape index (κ3) is 3.44. The van der Waals surface area contributed by atoms with Gasteiger partial charge < -0.3 is 10.3 Å². The zero-order valence-electron chi connectivity index (χ0n) is 16.2. The van der Waals surface area contributed by atoms with Crippen LogP contribution in [0.25, 0.3) is 33.4 Å². The Balaban J connectivity index is 1.40. The molecule has 7 nitrogen and oxygen atoms in total. The number of carbonyl (C=O) groups excluding carboxylic acids is 1. The van der Waals surface area contributed by atoms with Gasteiger partial charge in [0.1, 0.15) is 5.82 Å². The van der Waals surface area contributed by atoms with E-state index in [-0.39, 0.29) is 5.78 Å². The number of hydrogen-bond acceptors (Lipinski definition) is 5. The first-order valence-electron chi connectivity index (χ1n) is 9.49. The van der Waals surface area contributed by atoms with Gasteiger partial charge in [0.05, 0.1) is 11.9 Å². The Morgan fingerprint density at radius 2 is 1.80 bits per heavy atom. The molecule has 0 atom stereocenters. The predicted molar refractivity (Wildman–Crippen MR) is 117 cm³/mol. The molecule has 5 aromatic rings. The second kappa shape index (κ2) is 7.29. The zero-order valence-corrected chi connectivity index (χ0v) is 16.2. The first kappa shape index (κ1) is 17.8. The smallest absolute Gasteiger partial charge is 0.175 e. The lowest BCUT2D eigenvalue weighted by atomic mass is 10.1. The quantitative estimate of drug-likeness (QED) is 0.366. The molecule has 0 bridgehead atoms. The van der Waals surface area contributed by atoms with E-state index in [0.717, 1.165) is 33.3 Å². The Morgan fingerprint density at radius 1 is 0.967 bits per heavy atom. The number of hydrogen-bond donors (Lipinski definition) is 3. The van der Waals surface area contributed by atoms with E-state index in [9.17, 15) is 4.79 Å². The van der Waals surface area contributed by atoms with Gasteiger partial charge in [0.25, 0.3) is 0 Å². The molecule has 0 fully saturated rings. The van der Waals surface area contributed by atoms with E-state index in [1.54, 1.807) is 19.3 Å². The highest BCUT2D eigenvalue weighted by molar-refractivity contribution is 5.98. The molecule has 3 N–H and O–H groups in total. The number of carbonyl (C=O) groups is 1. The zero-order chi connectivity index (χ0) is 20.5. The average Bonchev–Trinajstić information content (AvgIpc) is 3.44. The topological polar surface area (TPSA) is 99.3 Å². The van der Waals surface area contributed by atoms with Crippen molar-refractivity contribution < 1.29 is 4.79 Å². The minimum Gasteiger partial charge on any atom is -0.352 e. The second-order valence-corrected chi connectivity index (χ2v) is 7.00. The number of ketones is 1. The lowest BCUT2D eigenvalue weighted by Gasteiger charge is -2.08. The maximum Gasteiger partial charge on any atom is 0.175 e. The average molecular weight is 394 g/mol. The number of aromatic nitrogens is 5. The fourth-order valence-corrected chi connectivity index (χ4v) is 3.33. The molecule has 0 unspecified atom stereocenters. The monoisotopic (exact) mass is 394 g/mol. The van der Waals surface area contributed by atoms with Crippen LogP contribution in [0.15, 0.2) is 73.2 Å². The molecule has 0 amide bonds. The molecule has 5 rings (SSSR count). The molecule has 2 aromatic carbocycles. The molecule has 0 saturated carbocycles. The number of nitrogens with one attached hydrogen (secondary N) is 3. The maximum atomic E-state index is 11.6. The summed E-state index contributed by atoms with van der Waals surface area (Å²) in [7, 11) is 0. The summed E-state index contributed by atoms with van der Waals surface area (Å²) in [4.78, 5) is 23.8. The van der Waals surface area contributed by atoms with Crippen molar-refractivity contribution in [3.05, 3.63) is 78.9 Å². The molecule has 0 aliphatic rings. The molecule has 3 aromatic heterocycles. The minimum absolute atomic E-state index is 0.00832. The van der Waals surface area contributed by atoms with Crippen molar-refractivity contribution in [1.29, 1.82) is 0 Å². The lowest BCUT2D eigenvalue weighted by Crippen LogP contribution is -1.96. The van der Waals surface area contributed by atoms with Crippen molar-refractivity contribution in [2.75, 3.05) is 5.32 Å². The Hall–Kier alpha value is -4.26. The van der Waals surface area contributed by atoms with Crippen molar-refractivity contribution in [2.45, 2.75) is 6.92 Å². The number of fused-ring (bicyclic) bond motifs is 1. The summed E-state index contributed by atoms with van der Waals surface area (Å²) in [6.45, 7) is 1.55. The van der Waals surface area contributed by atoms with Gasteiger partial charge in [-0.1, -0.05) is 24.3 Å². The van der Waals surface area contributed by atoms with E-state index in [2.05, 4.69) is 30.5 Å². The molecular formula is C23H18N6O. The Morgan fingerprint density at radius 3 is 2.57 bits per heavy atom. The van der Waals surface area contributed by atoms with Crippen molar-refractivity contribution in [3.63, 3.8) is 0 Å². The van der Waals surface area contributed by atoms with E-state index >= 15 is 0 Å². The van der Waals surface area contributed by atoms with Gasteiger partial charge in [-0.3, -0.25) is 9.89 Å². The van der Waals surface area contributed by atoms with Crippen LogP contribution in [-0.2, 0) is 0 Å². The fraction of sp³-hybridized carbons (Fsp3) is 0.0435. The molecule has 0 aliphatic heterocycles. The molecule has 30 heavy (non-hydrogen) atoms. The van der Waals surface area contributed by atoms with Crippen molar-refractivity contribution in [1.82, 2.24) is 25.1 Å². The molecular weight excluding hydrogens is 376 g/mol. The van der Waals surface area contributed by atoms with E-state index in [0.29, 0.717) is 17.3 Å². The standard InChI is InChI=1S/C23H18N6O/c1-14(30)20-10-16-2-3-17(11-21(16)28-20)23-24-9-8-22(29-23)27-19-6-4-15(5-7-19)18-12-25-26-13-18/h2-13,28H,1H3,(H,25,26)(H,24,27,29). The number of anilines is 2. The maximum absolute atomic E-state index is 11.6. The van der Waals surface area contributed by atoms with Crippen LogP contribution in [-0.4, -0.2) is 30.9 Å². The highest BCUT2D eigenvalue weighted by Crippen LogP contribution is 2.25. The van der Waals surface area contributed by atoms with Gasteiger partial charge in [0, 0.05) is 47.0 Å². The van der Waals surface area contributed by atoms with Gasteiger partial charge in [-0.15, -0.1) is 0 Å². The highest BCUT2D eigenvalue weighted by atomic mass is 16.1. The summed E-state index contributed by atoms with van der Waals surface area (Å²) in [6.07, 6.45) is 5.38. The fourth-order valence-electron chi connectivity index (χ4n) is 3.33. The van der Waals surface area contributed by atoms with Gasteiger partial charge in [-0.2, -0.15) is 5.10 Å². The van der Waals surface area contributed by atoms with Crippen LogP contribution in [0.3, 0.4) is 0 Å². The first-order chi connectivity index (χ1) is 14.7. The van der Waals surface area contributed by atoms with Crippen LogP contribution >= 0.6 is 0 Å². The Labute approximate surface area is 172 Å². The molecule has 7 heteroatoms. The number of aromatic amines is 2. The number of benzene rings is 2. The lowest BCUT2D eigenvalue weighted by molar-refractivity contribution is 0.101. The van der Waals surface area contributed by atoms with Gasteiger partial charge >= 0.3 is 0 Å². The normalized spacial score (nSPS) is 11.0. The summed E-state index contributed by atoms with van der Waals surface area (Å²) < 4.78 is 0. The SMILES string of the molecule is CC(=O)c1cc2ccc(-c3nccc(Nc4ccc(-c5cn[nH]c5)cc4)n3)cc2[nH]1. The van der Waals surface area contributed by atoms with Gasteiger partial charge in [-0.25, -0.2) is 9.97 Å². The highest BCUT2D eigenvalue weighted by Gasteiger charge is 2.09. The van der Waals surface area contributed by atoms with Crippen molar-refractivity contribution in [2.24, 2.45) is 0 Å². The van der Waals surface area contributed by atoms with Gasteiger partial charge in [0.2, 0.25) is 0 Å². The van der Waals surface area contributed by atoms with Crippen LogP contribution in [0.5, 0.6) is 0 Å². The molecule has 0 spiro atoms. The predicted octanol–water partition coefficient (Wildman–Crippen LogP) is 4.96. The van der Waals surface area contributed by atoms with Gasteiger partial charge in [-0.05, 0) is 35.9 Å². The minimum atomic E-state index is 0.00832. The summed E-state index contributed by atoms with van der Waals surface area (Å²) in [5, 5.41) is 11.1. The Bertz CT molecular complexity index is 1340. The van der Waals surface area contributed by atoms with Crippen LogP contribution in [0.2, 0.25) is 0 Å². The Kier molecular flexibility index (Phi) is 4.33. The number of nitrogens with zero attached hydrogens (tertiary/aromatic N) is 3. The number of rotatable bonds is 5. The third-order valence-corrected chi connectivity index (χ3v) is 4.90. The molecule has 0 aliphatic carbocycles. The number of H-pyrrole nitrogens is 2. The summed E-state index contributed by atoms with van der Waals surface area (Å²) in [5.74, 6) is 1.32. The molecule has 146 valence electrons. The first-order valence-corrected chi connectivity index (χ1v) is 9.49.